The number of hydrogen-bond donors (Lipinski definition) is 0. The molecule has 0 saturated heterocycles. The fraction of sp³-hybridized carbons (Fsp3) is 0.318. The van der Waals surface area contributed by atoms with E-state index in [0.717, 1.165) is 10.5 Å². The summed E-state index contributed by atoms with van der Waals surface area (Å²) in [5.41, 5.74) is 1.51. The summed E-state index contributed by atoms with van der Waals surface area (Å²) in [6.45, 7) is 5.64. The van der Waals surface area contributed by atoms with Gasteiger partial charge in [-0.3, -0.25) is 19.3 Å². The largest absolute Gasteiger partial charge is 0.297 e. The van der Waals surface area contributed by atoms with Crippen molar-refractivity contribution in [2.75, 3.05) is 0 Å². The first-order chi connectivity index (χ1) is 12.7. The maximum absolute atomic E-state index is 12.9. The fourth-order valence-corrected chi connectivity index (χ4v) is 3.67. The standard InChI is InChI=1S/C22H22ClNO3/c1-14(24-20(26)17-6-4-5-7-18(17)21(24)27)19(25)13-22(2,3)12-15-8-10-16(23)11-9-15/h4-11,14H,12-13H2,1-3H3. The van der Waals surface area contributed by atoms with Crippen LogP contribution in [-0.2, 0) is 11.2 Å². The minimum atomic E-state index is -0.790. The molecule has 1 aliphatic rings. The van der Waals surface area contributed by atoms with Crippen molar-refractivity contribution >= 4 is 29.2 Å². The van der Waals surface area contributed by atoms with Crippen LogP contribution in [0.2, 0.25) is 5.02 Å². The highest BCUT2D eigenvalue weighted by molar-refractivity contribution is 6.30. The van der Waals surface area contributed by atoms with Gasteiger partial charge in [-0.25, -0.2) is 0 Å². The molecule has 1 atom stereocenters. The van der Waals surface area contributed by atoms with Crippen LogP contribution < -0.4 is 0 Å². The van der Waals surface area contributed by atoms with Crippen LogP contribution in [0.15, 0.2) is 48.5 Å². The zero-order valence-corrected chi connectivity index (χ0v) is 16.4. The van der Waals surface area contributed by atoms with Gasteiger partial charge in [-0.2, -0.15) is 0 Å². The van der Waals surface area contributed by atoms with E-state index in [1.807, 2.05) is 38.1 Å². The Bertz CT molecular complexity index is 867. The summed E-state index contributed by atoms with van der Waals surface area (Å²) in [6.07, 6.45) is 0.967. The van der Waals surface area contributed by atoms with Gasteiger partial charge in [0, 0.05) is 11.4 Å². The highest BCUT2D eigenvalue weighted by Crippen LogP contribution is 2.30. The van der Waals surface area contributed by atoms with E-state index in [0.29, 0.717) is 22.6 Å². The van der Waals surface area contributed by atoms with Crippen LogP contribution >= 0.6 is 11.6 Å². The Labute approximate surface area is 164 Å². The van der Waals surface area contributed by atoms with Gasteiger partial charge in [-0.15, -0.1) is 0 Å². The average Bonchev–Trinajstić information content (AvgIpc) is 2.87. The molecular weight excluding hydrogens is 362 g/mol. The van der Waals surface area contributed by atoms with E-state index in [2.05, 4.69) is 0 Å². The normalized spacial score (nSPS) is 15.0. The van der Waals surface area contributed by atoms with Crippen molar-refractivity contribution in [2.24, 2.45) is 5.41 Å². The van der Waals surface area contributed by atoms with E-state index in [1.54, 1.807) is 31.2 Å². The first kappa shape index (κ1) is 19.3. The molecule has 5 heteroatoms. The number of ketones is 1. The molecule has 27 heavy (non-hydrogen) atoms. The summed E-state index contributed by atoms with van der Waals surface area (Å²) in [4.78, 5) is 39.1. The Balaban J connectivity index is 1.71. The third kappa shape index (κ3) is 3.96. The number of imide groups is 1. The Hall–Kier alpha value is -2.46. The van der Waals surface area contributed by atoms with E-state index in [1.165, 1.54) is 0 Å². The number of Topliss-reactive ketones (excluding diaryl/α,β-unsaturated/α-hetero) is 1. The van der Waals surface area contributed by atoms with Gasteiger partial charge in [0.15, 0.2) is 5.78 Å². The minimum Gasteiger partial charge on any atom is -0.297 e. The zero-order valence-electron chi connectivity index (χ0n) is 15.7. The highest BCUT2D eigenvalue weighted by atomic mass is 35.5. The van der Waals surface area contributed by atoms with E-state index in [9.17, 15) is 14.4 Å². The lowest BCUT2D eigenvalue weighted by molar-refractivity contribution is -0.124. The fourth-order valence-electron chi connectivity index (χ4n) is 3.54. The number of rotatable bonds is 6. The van der Waals surface area contributed by atoms with Gasteiger partial charge in [0.05, 0.1) is 17.2 Å². The number of benzene rings is 2. The molecule has 2 aromatic rings. The second-order valence-corrected chi connectivity index (χ2v) is 8.25. The van der Waals surface area contributed by atoms with Crippen molar-refractivity contribution in [3.05, 3.63) is 70.2 Å². The molecule has 1 heterocycles. The van der Waals surface area contributed by atoms with Gasteiger partial charge < -0.3 is 0 Å². The summed E-state index contributed by atoms with van der Waals surface area (Å²) >= 11 is 5.92. The molecule has 0 saturated carbocycles. The Morgan fingerprint density at radius 1 is 1.00 bits per heavy atom. The van der Waals surface area contributed by atoms with E-state index >= 15 is 0 Å². The molecule has 2 amide bonds. The predicted molar refractivity (Wildman–Crippen MR) is 105 cm³/mol. The molecular formula is C22H22ClNO3. The molecule has 3 rings (SSSR count). The number of halogens is 1. The lowest BCUT2D eigenvalue weighted by Crippen LogP contribution is -2.44. The first-order valence-corrected chi connectivity index (χ1v) is 9.31. The van der Waals surface area contributed by atoms with Gasteiger partial charge in [0.25, 0.3) is 11.8 Å². The lowest BCUT2D eigenvalue weighted by Gasteiger charge is -2.28. The SMILES string of the molecule is CC(C(=O)CC(C)(C)Cc1ccc(Cl)cc1)N1C(=O)c2ccccc2C1=O. The van der Waals surface area contributed by atoms with Crippen molar-refractivity contribution in [1.29, 1.82) is 0 Å². The van der Waals surface area contributed by atoms with Crippen molar-refractivity contribution < 1.29 is 14.4 Å². The van der Waals surface area contributed by atoms with Crippen molar-refractivity contribution in [1.82, 2.24) is 4.90 Å². The smallest absolute Gasteiger partial charge is 0.262 e. The number of carbonyl (C=O) groups is 3. The van der Waals surface area contributed by atoms with Gasteiger partial charge in [0.1, 0.15) is 0 Å². The third-order valence-electron chi connectivity index (χ3n) is 4.93. The molecule has 0 spiro atoms. The average molecular weight is 384 g/mol. The molecule has 0 N–H and O–H groups in total. The van der Waals surface area contributed by atoms with Crippen LogP contribution in [-0.4, -0.2) is 28.5 Å². The Kier molecular flexibility index (Phi) is 5.20. The van der Waals surface area contributed by atoms with Gasteiger partial charge in [0.2, 0.25) is 0 Å². The molecule has 0 bridgehead atoms. The number of amides is 2. The van der Waals surface area contributed by atoms with E-state index < -0.39 is 17.9 Å². The minimum absolute atomic E-state index is 0.122. The molecule has 4 nitrogen and oxygen atoms in total. The quantitative estimate of drug-likeness (QED) is 0.687. The zero-order chi connectivity index (χ0) is 19.8. The van der Waals surface area contributed by atoms with Gasteiger partial charge >= 0.3 is 0 Å². The van der Waals surface area contributed by atoms with Crippen LogP contribution in [0.25, 0.3) is 0 Å². The van der Waals surface area contributed by atoms with Crippen molar-refractivity contribution in [3.8, 4) is 0 Å². The van der Waals surface area contributed by atoms with Gasteiger partial charge in [-0.1, -0.05) is 49.7 Å². The Morgan fingerprint density at radius 2 is 1.52 bits per heavy atom. The molecule has 0 aromatic heterocycles. The first-order valence-electron chi connectivity index (χ1n) is 8.94. The molecule has 0 radical (unpaired) electrons. The van der Waals surface area contributed by atoms with Crippen LogP contribution in [0.4, 0.5) is 0 Å². The molecule has 140 valence electrons. The van der Waals surface area contributed by atoms with Gasteiger partial charge in [-0.05, 0) is 48.6 Å². The van der Waals surface area contributed by atoms with Crippen molar-refractivity contribution in [3.63, 3.8) is 0 Å². The molecule has 0 fully saturated rings. The van der Waals surface area contributed by atoms with Crippen LogP contribution in [0, 0.1) is 5.41 Å². The maximum atomic E-state index is 12.9. The number of nitrogens with zero attached hydrogens (tertiary/aromatic N) is 1. The van der Waals surface area contributed by atoms with Crippen LogP contribution in [0.3, 0.4) is 0 Å². The third-order valence-corrected chi connectivity index (χ3v) is 5.18. The lowest BCUT2D eigenvalue weighted by atomic mass is 9.80. The topological polar surface area (TPSA) is 54.5 Å². The second kappa shape index (κ2) is 7.28. The second-order valence-electron chi connectivity index (χ2n) is 7.81. The molecule has 1 aliphatic heterocycles. The maximum Gasteiger partial charge on any atom is 0.262 e. The predicted octanol–water partition coefficient (Wildman–Crippen LogP) is 4.55. The summed E-state index contributed by atoms with van der Waals surface area (Å²) in [5.74, 6) is -0.914. The number of hydrogen-bond acceptors (Lipinski definition) is 3. The van der Waals surface area contributed by atoms with Crippen molar-refractivity contribution in [2.45, 2.75) is 39.7 Å². The Morgan fingerprint density at radius 3 is 2.04 bits per heavy atom. The van der Waals surface area contributed by atoms with E-state index in [4.69, 9.17) is 11.6 Å². The summed E-state index contributed by atoms with van der Waals surface area (Å²) in [5, 5.41) is 0.673. The summed E-state index contributed by atoms with van der Waals surface area (Å²) in [7, 11) is 0. The van der Waals surface area contributed by atoms with E-state index in [-0.39, 0.29) is 17.6 Å². The number of fused-ring (bicyclic) bond motifs is 1. The highest BCUT2D eigenvalue weighted by Gasteiger charge is 2.41. The number of carbonyl (C=O) groups excluding carboxylic acids is 3. The van der Waals surface area contributed by atoms with Crippen LogP contribution in [0.5, 0.6) is 0 Å². The monoisotopic (exact) mass is 383 g/mol. The van der Waals surface area contributed by atoms with Crippen LogP contribution in [0.1, 0.15) is 53.5 Å². The molecule has 2 aromatic carbocycles. The summed E-state index contributed by atoms with van der Waals surface area (Å²) in [6, 6.07) is 13.4. The summed E-state index contributed by atoms with van der Waals surface area (Å²) < 4.78 is 0. The molecule has 1 unspecified atom stereocenters. The molecule has 0 aliphatic carbocycles.